The van der Waals surface area contributed by atoms with E-state index in [-0.39, 0.29) is 11.6 Å². The monoisotopic (exact) mass is 278 g/mol. The molecule has 1 N–H and O–H groups in total. The summed E-state index contributed by atoms with van der Waals surface area (Å²) in [6.07, 6.45) is 2.36. The smallest absolute Gasteiger partial charge is 0.129 e. The van der Waals surface area contributed by atoms with E-state index >= 15 is 0 Å². The van der Waals surface area contributed by atoms with Crippen molar-refractivity contribution in [3.8, 4) is 0 Å². The number of hydrogen-bond donors (Lipinski definition) is 1. The lowest BCUT2D eigenvalue weighted by Crippen LogP contribution is -2.29. The molecular weight excluding hydrogens is 258 g/mol. The second-order valence-electron chi connectivity index (χ2n) is 4.97. The molecule has 2 aromatic rings. The molecule has 1 heterocycles. The van der Waals surface area contributed by atoms with Gasteiger partial charge in [-0.05, 0) is 44.5 Å². The van der Waals surface area contributed by atoms with Gasteiger partial charge in [-0.3, -0.25) is 0 Å². The molecule has 2 rings (SSSR count). The third-order valence-corrected chi connectivity index (χ3v) is 3.47. The molecule has 0 bridgehead atoms. The highest BCUT2D eigenvalue weighted by molar-refractivity contribution is 5.20. The number of benzene rings is 1. The van der Waals surface area contributed by atoms with Gasteiger partial charge in [0.15, 0.2) is 0 Å². The molecule has 0 spiro atoms. The Hall–Kier alpha value is -1.68. The molecule has 0 aliphatic heterocycles. The molecule has 108 valence electrons. The van der Waals surface area contributed by atoms with Gasteiger partial charge in [0, 0.05) is 36.6 Å². The van der Waals surface area contributed by atoms with Crippen LogP contribution in [0.15, 0.2) is 36.5 Å². The first-order valence-electron chi connectivity index (χ1n) is 6.92. The second-order valence-corrected chi connectivity index (χ2v) is 4.97. The topological polar surface area (TPSA) is 17.0 Å². The maximum absolute atomic E-state index is 13.6. The number of halogens is 2. The van der Waals surface area contributed by atoms with Crippen molar-refractivity contribution in [2.75, 3.05) is 0 Å². The fourth-order valence-electron chi connectivity index (χ4n) is 2.30. The van der Waals surface area contributed by atoms with Crippen molar-refractivity contribution in [1.82, 2.24) is 9.88 Å². The van der Waals surface area contributed by atoms with Gasteiger partial charge in [-0.25, -0.2) is 8.78 Å². The quantitative estimate of drug-likeness (QED) is 0.855. The molecule has 0 saturated carbocycles. The first-order valence-corrected chi connectivity index (χ1v) is 6.92. The lowest BCUT2D eigenvalue weighted by Gasteiger charge is -2.15. The Labute approximate surface area is 118 Å². The first kappa shape index (κ1) is 14.7. The molecule has 0 aliphatic rings. The van der Waals surface area contributed by atoms with E-state index in [2.05, 4.69) is 16.8 Å². The Morgan fingerprint density at radius 1 is 1.15 bits per heavy atom. The average molecular weight is 278 g/mol. The van der Waals surface area contributed by atoms with Crippen LogP contribution in [0.5, 0.6) is 0 Å². The number of aromatic nitrogens is 1. The van der Waals surface area contributed by atoms with Crippen molar-refractivity contribution in [2.45, 2.75) is 39.4 Å². The summed E-state index contributed by atoms with van der Waals surface area (Å²) in [6.45, 7) is 5.63. The highest BCUT2D eigenvalue weighted by Crippen LogP contribution is 2.14. The summed E-state index contributed by atoms with van der Waals surface area (Å²) in [4.78, 5) is 0. The van der Waals surface area contributed by atoms with E-state index in [0.717, 1.165) is 6.54 Å². The van der Waals surface area contributed by atoms with E-state index in [1.807, 2.05) is 25.3 Å². The van der Waals surface area contributed by atoms with Gasteiger partial charge >= 0.3 is 0 Å². The summed E-state index contributed by atoms with van der Waals surface area (Å²) >= 11 is 0. The van der Waals surface area contributed by atoms with E-state index < -0.39 is 11.6 Å². The van der Waals surface area contributed by atoms with Crippen LogP contribution in [0.25, 0.3) is 0 Å². The number of hydrogen-bond acceptors (Lipinski definition) is 1. The molecule has 1 atom stereocenters. The maximum Gasteiger partial charge on any atom is 0.129 e. The lowest BCUT2D eigenvalue weighted by atomic mass is 10.1. The molecule has 4 heteroatoms. The van der Waals surface area contributed by atoms with Crippen molar-refractivity contribution in [3.05, 3.63) is 59.4 Å². The molecule has 2 nitrogen and oxygen atoms in total. The molecule has 0 amide bonds. The van der Waals surface area contributed by atoms with Crippen LogP contribution in [0.4, 0.5) is 8.78 Å². The highest BCUT2D eigenvalue weighted by atomic mass is 19.1. The minimum atomic E-state index is -0.476. The van der Waals surface area contributed by atoms with Gasteiger partial charge in [-0.15, -0.1) is 0 Å². The third-order valence-electron chi connectivity index (χ3n) is 3.47. The van der Waals surface area contributed by atoms with Crippen LogP contribution in [0.3, 0.4) is 0 Å². The Bertz CT molecular complexity index is 543. The highest BCUT2D eigenvalue weighted by Gasteiger charge is 2.12. The van der Waals surface area contributed by atoms with Crippen molar-refractivity contribution < 1.29 is 8.78 Å². The fraction of sp³-hybridized carbons (Fsp3) is 0.375. The lowest BCUT2D eigenvalue weighted by molar-refractivity contribution is 0.491. The van der Waals surface area contributed by atoms with Crippen molar-refractivity contribution in [2.24, 2.45) is 0 Å². The van der Waals surface area contributed by atoms with E-state index in [1.165, 1.54) is 23.9 Å². The van der Waals surface area contributed by atoms with Crippen LogP contribution >= 0.6 is 0 Å². The number of aryl methyl sites for hydroxylation is 1. The van der Waals surface area contributed by atoms with E-state index in [9.17, 15) is 8.78 Å². The minimum absolute atomic E-state index is 0.00149. The van der Waals surface area contributed by atoms with Gasteiger partial charge < -0.3 is 9.88 Å². The van der Waals surface area contributed by atoms with Gasteiger partial charge in [0.25, 0.3) is 0 Å². The van der Waals surface area contributed by atoms with E-state index in [0.29, 0.717) is 13.0 Å². The second kappa shape index (κ2) is 6.66. The van der Waals surface area contributed by atoms with Crippen LogP contribution in [-0.2, 0) is 19.5 Å². The summed E-state index contributed by atoms with van der Waals surface area (Å²) in [5.41, 5.74) is 1.33. The standard InChI is InChI=1S/C16H20F2N2/c1-3-20-9-5-6-13(20)11-19-12(2)10-14-15(17)7-4-8-16(14)18/h4-9,12,19H,3,10-11H2,1-2H3. The number of rotatable bonds is 6. The zero-order chi connectivity index (χ0) is 14.5. The molecular formula is C16H20F2N2. The van der Waals surface area contributed by atoms with Crippen LogP contribution < -0.4 is 5.32 Å². The largest absolute Gasteiger partial charge is 0.351 e. The van der Waals surface area contributed by atoms with Gasteiger partial charge in [-0.1, -0.05) is 6.07 Å². The van der Waals surface area contributed by atoms with Crippen LogP contribution in [0, 0.1) is 11.6 Å². The zero-order valence-electron chi connectivity index (χ0n) is 11.9. The van der Waals surface area contributed by atoms with Gasteiger partial charge in [0.2, 0.25) is 0 Å². The SMILES string of the molecule is CCn1cccc1CNC(C)Cc1c(F)cccc1F. The molecule has 0 radical (unpaired) electrons. The van der Waals surface area contributed by atoms with E-state index in [1.54, 1.807) is 0 Å². The predicted octanol–water partition coefficient (Wildman–Crippen LogP) is 3.51. The average Bonchev–Trinajstić information content (AvgIpc) is 2.88. The minimum Gasteiger partial charge on any atom is -0.351 e. The molecule has 0 fully saturated rings. The predicted molar refractivity (Wildman–Crippen MR) is 76.5 cm³/mol. The Kier molecular flexibility index (Phi) is 4.90. The molecule has 1 unspecified atom stereocenters. The molecule has 0 aliphatic carbocycles. The molecule has 1 aromatic carbocycles. The summed E-state index contributed by atoms with van der Waals surface area (Å²) in [5, 5.41) is 3.31. The molecule has 1 aromatic heterocycles. The zero-order valence-corrected chi connectivity index (χ0v) is 11.9. The van der Waals surface area contributed by atoms with Gasteiger partial charge in [0.05, 0.1) is 0 Å². The van der Waals surface area contributed by atoms with Gasteiger partial charge in [0.1, 0.15) is 11.6 Å². The van der Waals surface area contributed by atoms with Crippen LogP contribution in [0.2, 0.25) is 0 Å². The van der Waals surface area contributed by atoms with Crippen molar-refractivity contribution >= 4 is 0 Å². The summed E-state index contributed by atoms with van der Waals surface area (Å²) in [6, 6.07) is 8.04. The number of nitrogens with one attached hydrogen (secondary N) is 1. The first-order chi connectivity index (χ1) is 9.61. The molecule has 0 saturated heterocycles. The third kappa shape index (κ3) is 3.45. The van der Waals surface area contributed by atoms with Crippen molar-refractivity contribution in [1.29, 1.82) is 0 Å². The molecule has 20 heavy (non-hydrogen) atoms. The Balaban J connectivity index is 1.94. The fourth-order valence-corrected chi connectivity index (χ4v) is 2.30. The maximum atomic E-state index is 13.6. The summed E-state index contributed by atoms with van der Waals surface area (Å²) in [7, 11) is 0. The van der Waals surface area contributed by atoms with E-state index in [4.69, 9.17) is 0 Å². The Morgan fingerprint density at radius 3 is 2.50 bits per heavy atom. The van der Waals surface area contributed by atoms with Crippen LogP contribution in [0.1, 0.15) is 25.1 Å². The van der Waals surface area contributed by atoms with Crippen molar-refractivity contribution in [3.63, 3.8) is 0 Å². The summed E-state index contributed by atoms with van der Waals surface area (Å²) < 4.78 is 29.3. The van der Waals surface area contributed by atoms with Gasteiger partial charge in [-0.2, -0.15) is 0 Å². The van der Waals surface area contributed by atoms with Crippen LogP contribution in [-0.4, -0.2) is 10.6 Å². The number of nitrogens with zero attached hydrogens (tertiary/aromatic N) is 1. The Morgan fingerprint density at radius 2 is 1.85 bits per heavy atom. The normalized spacial score (nSPS) is 12.6. The summed E-state index contributed by atoms with van der Waals surface area (Å²) in [5.74, 6) is -0.953.